The Kier molecular flexibility index (Phi) is 8.06. The van der Waals surface area contributed by atoms with E-state index in [2.05, 4.69) is 15.6 Å². The second kappa shape index (κ2) is 11.6. The molecule has 0 aliphatic heterocycles. The van der Waals surface area contributed by atoms with Crippen molar-refractivity contribution in [3.63, 3.8) is 0 Å². The summed E-state index contributed by atoms with van der Waals surface area (Å²) in [6.07, 6.45) is 2.24. The van der Waals surface area contributed by atoms with Crippen molar-refractivity contribution in [2.75, 3.05) is 12.4 Å². The van der Waals surface area contributed by atoms with E-state index in [0.29, 0.717) is 23.6 Å². The van der Waals surface area contributed by atoms with Gasteiger partial charge in [-0.1, -0.05) is 25.1 Å². The maximum Gasteiger partial charge on any atom is 0.259 e. The number of amides is 1. The highest BCUT2D eigenvalue weighted by atomic mass is 19.1. The number of pyridine rings is 2. The predicted molar refractivity (Wildman–Crippen MR) is 144 cm³/mol. The van der Waals surface area contributed by atoms with Crippen LogP contribution in [0.15, 0.2) is 71.7 Å². The zero-order chi connectivity index (χ0) is 27.2. The number of methoxy groups -OCH3 is 1. The molecule has 4 rings (SSSR count). The second-order valence-electron chi connectivity index (χ2n) is 8.69. The van der Waals surface area contributed by atoms with Crippen LogP contribution in [-0.2, 0) is 20.0 Å². The number of ether oxygens (including phenoxy) is 2. The third-order valence-electron chi connectivity index (χ3n) is 6.03. The number of aromatic nitrogens is 2. The number of carbonyl (C=O) groups is 1. The molecule has 2 N–H and O–H groups in total. The minimum atomic E-state index is -0.509. The van der Waals surface area contributed by atoms with E-state index in [1.165, 1.54) is 23.7 Å². The van der Waals surface area contributed by atoms with Crippen LogP contribution in [0.1, 0.15) is 34.1 Å². The summed E-state index contributed by atoms with van der Waals surface area (Å²) >= 11 is 0. The number of rotatable bonds is 9. The molecule has 8 nitrogen and oxygen atoms in total. The van der Waals surface area contributed by atoms with Gasteiger partial charge in [-0.15, -0.1) is 0 Å². The minimum Gasteiger partial charge on any atom is -0.497 e. The van der Waals surface area contributed by atoms with Crippen LogP contribution in [0.2, 0.25) is 0 Å². The van der Waals surface area contributed by atoms with Crippen molar-refractivity contribution in [2.45, 2.75) is 26.8 Å². The van der Waals surface area contributed by atoms with Crippen LogP contribution >= 0.6 is 0 Å². The normalized spacial score (nSPS) is 10.7. The van der Waals surface area contributed by atoms with Crippen LogP contribution in [0.25, 0.3) is 0 Å². The van der Waals surface area contributed by atoms with Crippen LogP contribution in [0.5, 0.6) is 17.2 Å². The van der Waals surface area contributed by atoms with Gasteiger partial charge in [0, 0.05) is 37.6 Å². The second-order valence-corrected chi connectivity index (χ2v) is 8.69. The first-order valence-corrected chi connectivity index (χ1v) is 12.1. The van der Waals surface area contributed by atoms with E-state index < -0.39 is 17.3 Å². The topological polar surface area (TPSA) is 94.5 Å². The van der Waals surface area contributed by atoms with E-state index in [0.717, 1.165) is 11.1 Å². The first-order valence-electron chi connectivity index (χ1n) is 12.1. The molecule has 2 heterocycles. The third-order valence-corrected chi connectivity index (χ3v) is 6.03. The van der Waals surface area contributed by atoms with E-state index in [-0.39, 0.29) is 29.4 Å². The SMILES string of the molecule is CCc1ccc(Nc2c(C(=O)NCc3ccc(OC)cc3)c(Oc3ccnc(C)c3)cc(=O)n2C)c(F)c1. The highest BCUT2D eigenvalue weighted by molar-refractivity contribution is 6.02. The van der Waals surface area contributed by atoms with E-state index in [9.17, 15) is 14.0 Å². The van der Waals surface area contributed by atoms with E-state index >= 15 is 0 Å². The Morgan fingerprint density at radius 1 is 1.03 bits per heavy atom. The summed E-state index contributed by atoms with van der Waals surface area (Å²) in [6.45, 7) is 3.94. The molecule has 0 fully saturated rings. The fraction of sp³-hybridized carbons (Fsp3) is 0.207. The van der Waals surface area contributed by atoms with Crippen LogP contribution in [0, 0.1) is 12.7 Å². The molecule has 38 heavy (non-hydrogen) atoms. The summed E-state index contributed by atoms with van der Waals surface area (Å²) in [6, 6.07) is 16.6. The van der Waals surface area contributed by atoms with Crippen molar-refractivity contribution in [3.8, 4) is 17.2 Å². The number of carbonyl (C=O) groups excluding carboxylic acids is 1. The lowest BCUT2D eigenvalue weighted by Crippen LogP contribution is -2.29. The predicted octanol–water partition coefficient (Wildman–Crippen LogP) is 5.26. The Labute approximate surface area is 220 Å². The van der Waals surface area contributed by atoms with Crippen LogP contribution < -0.4 is 25.7 Å². The fourth-order valence-corrected chi connectivity index (χ4v) is 3.85. The van der Waals surface area contributed by atoms with E-state index in [1.807, 2.05) is 19.1 Å². The van der Waals surface area contributed by atoms with Crippen molar-refractivity contribution in [1.29, 1.82) is 0 Å². The number of aryl methyl sites for hydroxylation is 2. The zero-order valence-corrected chi connectivity index (χ0v) is 21.7. The number of halogens is 1. The third kappa shape index (κ3) is 6.00. The van der Waals surface area contributed by atoms with Gasteiger partial charge in [-0.05, 0) is 54.8 Å². The monoisotopic (exact) mass is 516 g/mol. The van der Waals surface area contributed by atoms with Gasteiger partial charge in [-0.25, -0.2) is 4.39 Å². The van der Waals surface area contributed by atoms with Crippen molar-refractivity contribution in [3.05, 3.63) is 105 Å². The summed E-state index contributed by atoms with van der Waals surface area (Å²) in [5, 5.41) is 5.83. The van der Waals surface area contributed by atoms with Crippen LogP contribution in [-0.4, -0.2) is 22.6 Å². The number of hydrogen-bond acceptors (Lipinski definition) is 6. The molecule has 0 saturated heterocycles. The number of anilines is 2. The largest absolute Gasteiger partial charge is 0.497 e. The lowest BCUT2D eigenvalue weighted by Gasteiger charge is -2.20. The summed E-state index contributed by atoms with van der Waals surface area (Å²) in [5.74, 6) is 0.207. The van der Waals surface area contributed by atoms with Gasteiger partial charge in [0.1, 0.15) is 34.4 Å². The highest BCUT2D eigenvalue weighted by Gasteiger charge is 2.23. The molecule has 0 aliphatic carbocycles. The molecule has 1 amide bonds. The summed E-state index contributed by atoms with van der Waals surface area (Å²) in [4.78, 5) is 30.7. The van der Waals surface area contributed by atoms with Gasteiger partial charge in [0.05, 0.1) is 12.8 Å². The Morgan fingerprint density at radius 2 is 1.76 bits per heavy atom. The Hall–Kier alpha value is -4.66. The van der Waals surface area contributed by atoms with Crippen molar-refractivity contribution in [1.82, 2.24) is 14.9 Å². The van der Waals surface area contributed by atoms with Crippen molar-refractivity contribution in [2.24, 2.45) is 7.05 Å². The van der Waals surface area contributed by atoms with E-state index in [4.69, 9.17) is 9.47 Å². The molecule has 196 valence electrons. The number of nitrogens with zero attached hydrogens (tertiary/aromatic N) is 2. The minimum absolute atomic E-state index is 0.0269. The molecule has 2 aromatic heterocycles. The fourth-order valence-electron chi connectivity index (χ4n) is 3.85. The molecule has 9 heteroatoms. The molecule has 0 bridgehead atoms. The molecule has 0 radical (unpaired) electrons. The van der Waals surface area contributed by atoms with Gasteiger partial charge in [0.2, 0.25) is 0 Å². The zero-order valence-electron chi connectivity index (χ0n) is 21.7. The Bertz CT molecular complexity index is 1520. The maximum absolute atomic E-state index is 14.9. The Morgan fingerprint density at radius 3 is 2.42 bits per heavy atom. The van der Waals surface area contributed by atoms with Gasteiger partial charge in [-0.3, -0.25) is 19.1 Å². The smallest absolute Gasteiger partial charge is 0.259 e. The van der Waals surface area contributed by atoms with Gasteiger partial charge >= 0.3 is 0 Å². The summed E-state index contributed by atoms with van der Waals surface area (Å²) in [7, 11) is 3.08. The molecular weight excluding hydrogens is 487 g/mol. The first kappa shape index (κ1) is 26.4. The first-order chi connectivity index (χ1) is 18.3. The van der Waals surface area contributed by atoms with Crippen molar-refractivity contribution >= 4 is 17.4 Å². The number of hydrogen-bond donors (Lipinski definition) is 2. The highest BCUT2D eigenvalue weighted by Crippen LogP contribution is 2.32. The standard InChI is InChI=1S/C29H29FN4O4/c1-5-19-8-11-24(23(30)15-19)33-28-27(29(36)32-17-20-6-9-21(37-4)10-7-20)25(16-26(35)34(28)3)38-22-12-13-31-18(2)14-22/h6-16,33H,5,17H2,1-4H3,(H,32,36). The average Bonchev–Trinajstić information content (AvgIpc) is 2.91. The number of nitrogens with one attached hydrogen (secondary N) is 2. The number of benzene rings is 2. The molecule has 0 saturated carbocycles. The van der Waals surface area contributed by atoms with Crippen molar-refractivity contribution < 1.29 is 18.7 Å². The average molecular weight is 517 g/mol. The Balaban J connectivity index is 1.76. The van der Waals surface area contributed by atoms with Gasteiger partial charge in [0.25, 0.3) is 11.5 Å². The van der Waals surface area contributed by atoms with Gasteiger partial charge in [-0.2, -0.15) is 0 Å². The quantitative estimate of drug-likeness (QED) is 0.315. The molecular formula is C29H29FN4O4. The maximum atomic E-state index is 14.9. The van der Waals surface area contributed by atoms with Gasteiger partial charge in [0.15, 0.2) is 0 Å². The van der Waals surface area contributed by atoms with E-state index in [1.54, 1.807) is 56.6 Å². The molecule has 2 aromatic carbocycles. The van der Waals surface area contributed by atoms with Crippen LogP contribution in [0.4, 0.5) is 15.9 Å². The molecule has 0 unspecified atom stereocenters. The lowest BCUT2D eigenvalue weighted by molar-refractivity contribution is 0.0948. The molecule has 0 atom stereocenters. The van der Waals surface area contributed by atoms with Crippen LogP contribution in [0.3, 0.4) is 0 Å². The molecule has 4 aromatic rings. The summed E-state index contributed by atoms with van der Waals surface area (Å²) in [5.41, 5.74) is 2.10. The van der Waals surface area contributed by atoms with Gasteiger partial charge < -0.3 is 20.1 Å². The summed E-state index contributed by atoms with van der Waals surface area (Å²) < 4.78 is 27.4. The molecule has 0 aliphatic rings. The lowest BCUT2D eigenvalue weighted by atomic mass is 10.1. The molecule has 0 spiro atoms.